The maximum Gasteiger partial charge on any atom is 0.319 e. The second-order valence-corrected chi connectivity index (χ2v) is 3.99. The number of anilines is 1. The number of hydrogen-bond acceptors (Lipinski definition) is 2. The number of nitriles is 1. The molecular formula is C11H12ClN3O. The van der Waals surface area contributed by atoms with E-state index in [1.54, 1.807) is 18.2 Å². The van der Waals surface area contributed by atoms with Gasteiger partial charge in [-0.05, 0) is 32.0 Å². The lowest BCUT2D eigenvalue weighted by atomic mass is 10.2. The summed E-state index contributed by atoms with van der Waals surface area (Å²) in [6, 6.07) is 6.37. The van der Waals surface area contributed by atoms with Crippen LogP contribution in [0.2, 0.25) is 5.02 Å². The largest absolute Gasteiger partial charge is 0.336 e. The predicted octanol–water partition coefficient (Wildman–Crippen LogP) is 2.74. The molecule has 16 heavy (non-hydrogen) atoms. The van der Waals surface area contributed by atoms with Crippen LogP contribution in [-0.2, 0) is 0 Å². The van der Waals surface area contributed by atoms with E-state index in [0.29, 0.717) is 16.3 Å². The summed E-state index contributed by atoms with van der Waals surface area (Å²) in [7, 11) is 0. The van der Waals surface area contributed by atoms with Gasteiger partial charge in [-0.25, -0.2) is 4.79 Å². The highest BCUT2D eigenvalue weighted by Gasteiger charge is 2.07. The van der Waals surface area contributed by atoms with Crippen molar-refractivity contribution in [2.75, 3.05) is 5.32 Å². The summed E-state index contributed by atoms with van der Waals surface area (Å²) in [6.45, 7) is 3.70. The van der Waals surface area contributed by atoms with Crippen LogP contribution >= 0.6 is 11.6 Å². The monoisotopic (exact) mass is 237 g/mol. The molecule has 1 rings (SSSR count). The van der Waals surface area contributed by atoms with Gasteiger partial charge in [-0.3, -0.25) is 0 Å². The predicted molar refractivity (Wildman–Crippen MR) is 63.5 cm³/mol. The molecule has 4 nitrogen and oxygen atoms in total. The van der Waals surface area contributed by atoms with Crippen LogP contribution in [0.25, 0.3) is 0 Å². The molecule has 2 N–H and O–H groups in total. The van der Waals surface area contributed by atoms with Crippen molar-refractivity contribution < 1.29 is 4.79 Å². The Balaban J connectivity index is 2.84. The molecule has 1 aromatic carbocycles. The van der Waals surface area contributed by atoms with Crippen LogP contribution in [0.15, 0.2) is 18.2 Å². The smallest absolute Gasteiger partial charge is 0.319 e. The fourth-order valence-electron chi connectivity index (χ4n) is 1.14. The molecule has 0 spiro atoms. The number of carbonyl (C=O) groups excluding carboxylic acids is 1. The van der Waals surface area contributed by atoms with Crippen LogP contribution in [0, 0.1) is 11.3 Å². The Hall–Kier alpha value is -1.73. The van der Waals surface area contributed by atoms with Crippen molar-refractivity contribution in [2.45, 2.75) is 19.9 Å². The zero-order valence-electron chi connectivity index (χ0n) is 9.04. The van der Waals surface area contributed by atoms with Crippen molar-refractivity contribution in [3.63, 3.8) is 0 Å². The van der Waals surface area contributed by atoms with Crippen LogP contribution in [0.5, 0.6) is 0 Å². The van der Waals surface area contributed by atoms with Crippen molar-refractivity contribution >= 4 is 23.3 Å². The molecule has 0 atom stereocenters. The Labute approximate surface area is 99.2 Å². The Morgan fingerprint density at radius 1 is 1.50 bits per heavy atom. The van der Waals surface area contributed by atoms with Gasteiger partial charge in [-0.15, -0.1) is 0 Å². The van der Waals surface area contributed by atoms with E-state index in [-0.39, 0.29) is 12.1 Å². The van der Waals surface area contributed by atoms with E-state index >= 15 is 0 Å². The zero-order valence-corrected chi connectivity index (χ0v) is 9.80. The van der Waals surface area contributed by atoms with Gasteiger partial charge in [0.15, 0.2) is 0 Å². The number of nitrogens with one attached hydrogen (secondary N) is 2. The third-order valence-electron chi connectivity index (χ3n) is 1.77. The highest BCUT2D eigenvalue weighted by atomic mass is 35.5. The molecule has 84 valence electrons. The van der Waals surface area contributed by atoms with Gasteiger partial charge in [0, 0.05) is 11.1 Å². The van der Waals surface area contributed by atoms with Crippen LogP contribution in [0.4, 0.5) is 10.5 Å². The van der Waals surface area contributed by atoms with Crippen LogP contribution < -0.4 is 10.6 Å². The second kappa shape index (κ2) is 5.38. The number of amides is 2. The van der Waals surface area contributed by atoms with Crippen molar-refractivity contribution in [3.05, 3.63) is 28.8 Å². The molecule has 0 fully saturated rings. The molecule has 0 aromatic heterocycles. The first kappa shape index (κ1) is 12.3. The van der Waals surface area contributed by atoms with E-state index in [1.165, 1.54) is 0 Å². The molecule has 0 aliphatic heterocycles. The number of urea groups is 1. The summed E-state index contributed by atoms with van der Waals surface area (Å²) in [5.41, 5.74) is 0.788. The van der Waals surface area contributed by atoms with Crippen molar-refractivity contribution in [3.8, 4) is 6.07 Å². The standard InChI is InChI=1S/C11H12ClN3O/c1-7(2)14-11(16)15-10-5-9(12)4-3-8(10)6-13/h3-5,7H,1-2H3,(H2,14,15,16). The van der Waals surface area contributed by atoms with E-state index in [2.05, 4.69) is 10.6 Å². The van der Waals surface area contributed by atoms with Crippen molar-refractivity contribution in [2.24, 2.45) is 0 Å². The van der Waals surface area contributed by atoms with E-state index in [9.17, 15) is 4.79 Å². The first-order chi connectivity index (χ1) is 7.52. The Morgan fingerprint density at radius 2 is 2.19 bits per heavy atom. The van der Waals surface area contributed by atoms with Crippen molar-refractivity contribution in [1.82, 2.24) is 5.32 Å². The molecule has 0 saturated heterocycles. The van der Waals surface area contributed by atoms with Crippen LogP contribution in [0.3, 0.4) is 0 Å². The Morgan fingerprint density at radius 3 is 2.75 bits per heavy atom. The van der Waals surface area contributed by atoms with Gasteiger partial charge in [0.05, 0.1) is 11.3 Å². The summed E-state index contributed by atoms with van der Waals surface area (Å²) in [6.07, 6.45) is 0. The average Bonchev–Trinajstić information content (AvgIpc) is 2.16. The fourth-order valence-corrected chi connectivity index (χ4v) is 1.31. The zero-order chi connectivity index (χ0) is 12.1. The third kappa shape index (κ3) is 3.44. The number of nitrogens with zero attached hydrogens (tertiary/aromatic N) is 1. The first-order valence-corrected chi connectivity index (χ1v) is 5.18. The normalized spacial score (nSPS) is 9.69. The van der Waals surface area contributed by atoms with Crippen LogP contribution in [-0.4, -0.2) is 12.1 Å². The SMILES string of the molecule is CC(C)NC(=O)Nc1cc(Cl)ccc1C#N. The molecule has 5 heteroatoms. The summed E-state index contributed by atoms with van der Waals surface area (Å²) >= 11 is 5.78. The molecular weight excluding hydrogens is 226 g/mol. The minimum absolute atomic E-state index is 0.0321. The average molecular weight is 238 g/mol. The molecule has 1 aromatic rings. The van der Waals surface area contributed by atoms with Gasteiger partial charge in [-0.1, -0.05) is 11.6 Å². The van der Waals surface area contributed by atoms with Gasteiger partial charge in [0.25, 0.3) is 0 Å². The Kier molecular flexibility index (Phi) is 4.15. The van der Waals surface area contributed by atoms with Crippen molar-refractivity contribution in [1.29, 1.82) is 5.26 Å². The topological polar surface area (TPSA) is 64.9 Å². The molecule has 0 aliphatic carbocycles. The fraction of sp³-hybridized carbons (Fsp3) is 0.273. The van der Waals surface area contributed by atoms with Crippen LogP contribution in [0.1, 0.15) is 19.4 Å². The number of carbonyl (C=O) groups is 1. The summed E-state index contributed by atoms with van der Waals surface area (Å²) < 4.78 is 0. The quantitative estimate of drug-likeness (QED) is 0.831. The maximum absolute atomic E-state index is 11.4. The molecule has 0 aliphatic rings. The van der Waals surface area contributed by atoms with E-state index < -0.39 is 0 Å². The van der Waals surface area contributed by atoms with E-state index in [1.807, 2.05) is 19.9 Å². The molecule has 2 amide bonds. The lowest BCUT2D eigenvalue weighted by molar-refractivity contribution is 0.250. The number of halogens is 1. The molecule has 0 bridgehead atoms. The van der Waals surface area contributed by atoms with E-state index in [4.69, 9.17) is 16.9 Å². The minimum atomic E-state index is -0.353. The Bertz CT molecular complexity index is 437. The third-order valence-corrected chi connectivity index (χ3v) is 2.01. The molecule has 0 saturated carbocycles. The first-order valence-electron chi connectivity index (χ1n) is 4.80. The van der Waals surface area contributed by atoms with Gasteiger partial charge in [-0.2, -0.15) is 5.26 Å². The molecule has 0 unspecified atom stereocenters. The lowest BCUT2D eigenvalue weighted by Crippen LogP contribution is -2.34. The lowest BCUT2D eigenvalue weighted by Gasteiger charge is -2.11. The van der Waals surface area contributed by atoms with Gasteiger partial charge >= 0.3 is 6.03 Å². The summed E-state index contributed by atoms with van der Waals surface area (Å²) in [4.78, 5) is 11.4. The minimum Gasteiger partial charge on any atom is -0.336 e. The van der Waals surface area contributed by atoms with Gasteiger partial charge in [0.1, 0.15) is 6.07 Å². The number of hydrogen-bond donors (Lipinski definition) is 2. The number of benzene rings is 1. The maximum atomic E-state index is 11.4. The highest BCUT2D eigenvalue weighted by molar-refractivity contribution is 6.31. The van der Waals surface area contributed by atoms with E-state index in [0.717, 1.165) is 0 Å². The molecule has 0 radical (unpaired) electrons. The second-order valence-electron chi connectivity index (χ2n) is 3.55. The number of rotatable bonds is 2. The highest BCUT2D eigenvalue weighted by Crippen LogP contribution is 2.20. The molecule has 0 heterocycles. The summed E-state index contributed by atoms with van der Waals surface area (Å²) in [5, 5.41) is 14.5. The van der Waals surface area contributed by atoms with Gasteiger partial charge < -0.3 is 10.6 Å². The summed E-state index contributed by atoms with van der Waals surface area (Å²) in [5.74, 6) is 0. The van der Waals surface area contributed by atoms with Gasteiger partial charge in [0.2, 0.25) is 0 Å².